The van der Waals surface area contributed by atoms with Crippen molar-refractivity contribution in [2.75, 3.05) is 13.6 Å². The third kappa shape index (κ3) is 2.42. The molecule has 0 unspecified atom stereocenters. The highest BCUT2D eigenvalue weighted by atomic mass is 32.2. The average Bonchev–Trinajstić information content (AvgIpc) is 2.52. The fourth-order valence-electron chi connectivity index (χ4n) is 2.48. The molecule has 0 aliphatic heterocycles. The van der Waals surface area contributed by atoms with Crippen molar-refractivity contribution in [2.24, 2.45) is 5.73 Å². The van der Waals surface area contributed by atoms with Crippen molar-refractivity contribution in [1.29, 1.82) is 0 Å². The quantitative estimate of drug-likeness (QED) is 0.861. The summed E-state index contributed by atoms with van der Waals surface area (Å²) >= 11 is 0. The number of hydrogen-bond donors (Lipinski definition) is 1. The van der Waals surface area contributed by atoms with E-state index in [1.807, 2.05) is 0 Å². The van der Waals surface area contributed by atoms with E-state index in [-0.39, 0.29) is 6.04 Å². The second-order valence-corrected chi connectivity index (χ2v) is 7.05. The van der Waals surface area contributed by atoms with Gasteiger partial charge in [-0.1, -0.05) is 6.42 Å². The van der Waals surface area contributed by atoms with E-state index in [1.54, 1.807) is 25.6 Å². The summed E-state index contributed by atoms with van der Waals surface area (Å²) in [6.07, 6.45) is 3.00. The van der Waals surface area contributed by atoms with E-state index in [4.69, 9.17) is 5.73 Å². The molecule has 0 spiro atoms. The molecule has 0 aromatic carbocycles. The van der Waals surface area contributed by atoms with Crippen LogP contribution in [-0.4, -0.2) is 42.1 Å². The van der Waals surface area contributed by atoms with Gasteiger partial charge in [-0.15, -0.1) is 0 Å². The second kappa shape index (κ2) is 5.22. The Bertz CT molecular complexity index is 561. The maximum Gasteiger partial charge on any atom is 0.246 e. The van der Waals surface area contributed by atoms with Crippen molar-refractivity contribution >= 4 is 10.0 Å². The molecule has 1 heterocycles. The molecule has 2 N–H and O–H groups in total. The van der Waals surface area contributed by atoms with Crippen LogP contribution >= 0.6 is 0 Å². The van der Waals surface area contributed by atoms with Gasteiger partial charge in [0, 0.05) is 19.6 Å². The standard InChI is InChI=1S/C12H22N4O2S/c1-9-12(10(2)16(14-9)8-7-13)19(17,18)15(3)11-5-4-6-11/h11H,4-8,13H2,1-3H3. The van der Waals surface area contributed by atoms with E-state index in [1.165, 1.54) is 4.31 Å². The van der Waals surface area contributed by atoms with Crippen LogP contribution in [0, 0.1) is 13.8 Å². The smallest absolute Gasteiger partial charge is 0.246 e. The maximum atomic E-state index is 12.7. The predicted molar refractivity (Wildman–Crippen MR) is 73.3 cm³/mol. The zero-order chi connectivity index (χ0) is 14.2. The van der Waals surface area contributed by atoms with Gasteiger partial charge >= 0.3 is 0 Å². The Hall–Kier alpha value is -0.920. The third-order valence-electron chi connectivity index (χ3n) is 3.88. The molecule has 0 amide bonds. The van der Waals surface area contributed by atoms with Gasteiger partial charge in [-0.25, -0.2) is 8.42 Å². The lowest BCUT2D eigenvalue weighted by Crippen LogP contribution is -2.41. The number of rotatable bonds is 5. The van der Waals surface area contributed by atoms with Gasteiger partial charge in [0.25, 0.3) is 0 Å². The fourth-order valence-corrected chi connectivity index (χ4v) is 4.27. The number of sulfonamides is 1. The van der Waals surface area contributed by atoms with Crippen LogP contribution in [0.4, 0.5) is 0 Å². The Labute approximate surface area is 114 Å². The first kappa shape index (κ1) is 14.5. The average molecular weight is 286 g/mol. The van der Waals surface area contributed by atoms with E-state index in [2.05, 4.69) is 5.10 Å². The van der Waals surface area contributed by atoms with Crippen LogP contribution in [0.1, 0.15) is 30.7 Å². The van der Waals surface area contributed by atoms with Crippen LogP contribution < -0.4 is 5.73 Å². The summed E-state index contributed by atoms with van der Waals surface area (Å²) in [5, 5.41) is 4.28. The van der Waals surface area contributed by atoms with Crippen molar-refractivity contribution in [2.45, 2.75) is 50.6 Å². The normalized spacial score (nSPS) is 16.9. The third-order valence-corrected chi connectivity index (χ3v) is 6.05. The first-order valence-corrected chi connectivity index (χ1v) is 8.05. The molecular weight excluding hydrogens is 264 g/mol. The maximum absolute atomic E-state index is 12.7. The minimum absolute atomic E-state index is 0.140. The molecule has 1 aromatic rings. The second-order valence-electron chi connectivity index (χ2n) is 5.12. The first-order chi connectivity index (χ1) is 8.89. The van der Waals surface area contributed by atoms with Gasteiger partial charge < -0.3 is 5.73 Å². The van der Waals surface area contributed by atoms with Crippen molar-refractivity contribution in [3.8, 4) is 0 Å². The zero-order valence-corrected chi connectivity index (χ0v) is 12.6. The van der Waals surface area contributed by atoms with Crippen molar-refractivity contribution < 1.29 is 8.42 Å². The zero-order valence-electron chi connectivity index (χ0n) is 11.8. The molecule has 0 saturated heterocycles. The van der Waals surface area contributed by atoms with Gasteiger partial charge in [0.1, 0.15) is 4.90 Å². The minimum atomic E-state index is -3.45. The van der Waals surface area contributed by atoms with Crippen molar-refractivity contribution in [3.05, 3.63) is 11.4 Å². The SMILES string of the molecule is Cc1nn(CCN)c(C)c1S(=O)(=O)N(C)C1CCC1. The number of hydrogen-bond acceptors (Lipinski definition) is 4. The number of nitrogens with two attached hydrogens (primary N) is 1. The molecular formula is C12H22N4O2S. The number of aromatic nitrogens is 2. The Morgan fingerprint density at radius 3 is 2.53 bits per heavy atom. The van der Waals surface area contributed by atoms with Crippen LogP contribution in [0.2, 0.25) is 0 Å². The fraction of sp³-hybridized carbons (Fsp3) is 0.750. The molecule has 0 bridgehead atoms. The lowest BCUT2D eigenvalue weighted by Gasteiger charge is -2.33. The molecule has 6 nitrogen and oxygen atoms in total. The summed E-state index contributed by atoms with van der Waals surface area (Å²) in [5.41, 5.74) is 6.74. The predicted octanol–water partition coefficient (Wildman–Crippen LogP) is 0.632. The minimum Gasteiger partial charge on any atom is -0.329 e. The monoisotopic (exact) mass is 286 g/mol. The lowest BCUT2D eigenvalue weighted by atomic mass is 9.94. The van der Waals surface area contributed by atoms with Crippen molar-refractivity contribution in [3.63, 3.8) is 0 Å². The molecule has 2 rings (SSSR count). The Morgan fingerprint density at radius 1 is 1.42 bits per heavy atom. The molecule has 1 fully saturated rings. The van der Waals surface area contributed by atoms with Crippen LogP contribution in [0.5, 0.6) is 0 Å². The van der Waals surface area contributed by atoms with Gasteiger partial charge in [-0.3, -0.25) is 4.68 Å². The largest absolute Gasteiger partial charge is 0.329 e. The molecule has 0 atom stereocenters. The molecule has 7 heteroatoms. The van der Waals surface area contributed by atoms with Crippen LogP contribution in [0.25, 0.3) is 0 Å². The summed E-state index contributed by atoms with van der Waals surface area (Å²) in [7, 11) is -1.78. The van der Waals surface area contributed by atoms with Crippen LogP contribution in [-0.2, 0) is 16.6 Å². The summed E-state index contributed by atoms with van der Waals surface area (Å²) in [6.45, 7) is 4.51. The van der Waals surface area contributed by atoms with Crippen LogP contribution in [0.15, 0.2) is 4.90 Å². The molecule has 0 radical (unpaired) electrons. The Balaban J connectivity index is 2.39. The molecule has 19 heavy (non-hydrogen) atoms. The van der Waals surface area contributed by atoms with Gasteiger partial charge in [0.15, 0.2) is 0 Å². The van der Waals surface area contributed by atoms with E-state index in [0.717, 1.165) is 19.3 Å². The highest BCUT2D eigenvalue weighted by Gasteiger charge is 2.35. The summed E-state index contributed by atoms with van der Waals surface area (Å²) < 4.78 is 28.5. The highest BCUT2D eigenvalue weighted by molar-refractivity contribution is 7.89. The Kier molecular flexibility index (Phi) is 3.98. The van der Waals surface area contributed by atoms with Crippen molar-refractivity contribution in [1.82, 2.24) is 14.1 Å². The van der Waals surface area contributed by atoms with E-state index >= 15 is 0 Å². The summed E-state index contributed by atoms with van der Waals surface area (Å²) in [5.74, 6) is 0. The highest BCUT2D eigenvalue weighted by Crippen LogP contribution is 2.30. The topological polar surface area (TPSA) is 81.2 Å². The van der Waals surface area contributed by atoms with Crippen LogP contribution in [0.3, 0.4) is 0 Å². The van der Waals surface area contributed by atoms with Gasteiger partial charge in [0.05, 0.1) is 17.9 Å². The summed E-state index contributed by atoms with van der Waals surface area (Å²) in [4.78, 5) is 0.343. The van der Waals surface area contributed by atoms with E-state index in [9.17, 15) is 8.42 Å². The van der Waals surface area contributed by atoms with Gasteiger partial charge in [0.2, 0.25) is 10.0 Å². The number of aryl methyl sites for hydroxylation is 1. The molecule has 1 saturated carbocycles. The lowest BCUT2D eigenvalue weighted by molar-refractivity contribution is 0.249. The first-order valence-electron chi connectivity index (χ1n) is 6.61. The van der Waals surface area contributed by atoms with Gasteiger partial charge in [-0.05, 0) is 26.7 Å². The Morgan fingerprint density at radius 2 is 2.05 bits per heavy atom. The van der Waals surface area contributed by atoms with Gasteiger partial charge in [-0.2, -0.15) is 9.40 Å². The van der Waals surface area contributed by atoms with E-state index in [0.29, 0.717) is 29.4 Å². The van der Waals surface area contributed by atoms with E-state index < -0.39 is 10.0 Å². The number of nitrogens with zero attached hydrogens (tertiary/aromatic N) is 3. The molecule has 1 aliphatic rings. The summed E-state index contributed by atoms with van der Waals surface area (Å²) in [6, 6.07) is 0.140. The molecule has 1 aromatic heterocycles. The molecule has 1 aliphatic carbocycles. The molecule has 108 valence electrons.